The van der Waals surface area contributed by atoms with E-state index in [0.29, 0.717) is 28.6 Å². The Morgan fingerprint density at radius 1 is 0.767 bits per heavy atom. The van der Waals surface area contributed by atoms with E-state index in [4.69, 9.17) is 9.47 Å². The number of anilines is 2. The summed E-state index contributed by atoms with van der Waals surface area (Å²) in [7, 11) is 0. The smallest absolute Gasteiger partial charge is 0.264 e. The van der Waals surface area contributed by atoms with Crippen LogP contribution in [0.15, 0.2) is 60.7 Å². The quantitative estimate of drug-likeness (QED) is 0.596. The molecule has 1 heterocycles. The van der Waals surface area contributed by atoms with Gasteiger partial charge in [-0.05, 0) is 38.1 Å². The van der Waals surface area contributed by atoms with Gasteiger partial charge in [0.2, 0.25) is 5.95 Å². The Labute approximate surface area is 174 Å². The normalized spacial score (nSPS) is 10.2. The molecule has 3 rings (SSSR count). The number of carbonyl (C=O) groups is 2. The Bertz CT molecular complexity index is 1010. The largest absolute Gasteiger partial charge is 0.484 e. The molecule has 0 bridgehead atoms. The lowest BCUT2D eigenvalue weighted by Crippen LogP contribution is -2.24. The third kappa shape index (κ3) is 6.03. The molecule has 8 heteroatoms. The first-order valence-corrected chi connectivity index (χ1v) is 9.32. The fourth-order valence-electron chi connectivity index (χ4n) is 2.47. The molecule has 154 valence electrons. The molecule has 0 atom stereocenters. The van der Waals surface area contributed by atoms with E-state index in [-0.39, 0.29) is 25.1 Å². The minimum absolute atomic E-state index is 0.0824. The molecule has 2 N–H and O–H groups in total. The predicted molar refractivity (Wildman–Crippen MR) is 113 cm³/mol. The van der Waals surface area contributed by atoms with Gasteiger partial charge in [0.15, 0.2) is 13.2 Å². The van der Waals surface area contributed by atoms with Gasteiger partial charge in [0.05, 0.1) is 0 Å². The van der Waals surface area contributed by atoms with E-state index in [1.54, 1.807) is 38.1 Å². The lowest BCUT2D eigenvalue weighted by molar-refractivity contribution is -0.118. The Morgan fingerprint density at radius 3 is 1.80 bits per heavy atom. The summed E-state index contributed by atoms with van der Waals surface area (Å²) in [4.78, 5) is 32.9. The molecule has 2 amide bonds. The monoisotopic (exact) mass is 406 g/mol. The standard InChI is InChI=1S/C22H22N4O4/c1-15-16(2)23-22(25-20(28)14-30-18-11-7-4-8-12-18)26-21(15)24-19(27)13-29-17-9-5-3-6-10-17/h3-12H,13-14H2,1-2H3,(H2,23,24,25,26,27,28). The van der Waals surface area contributed by atoms with Crippen molar-refractivity contribution in [3.63, 3.8) is 0 Å². The number of benzene rings is 2. The highest BCUT2D eigenvalue weighted by Crippen LogP contribution is 2.17. The van der Waals surface area contributed by atoms with Crippen LogP contribution in [0.4, 0.5) is 11.8 Å². The van der Waals surface area contributed by atoms with Crippen LogP contribution in [0.5, 0.6) is 11.5 Å². The number of amides is 2. The number of aryl methyl sites for hydroxylation is 1. The van der Waals surface area contributed by atoms with Crippen LogP contribution in [0.3, 0.4) is 0 Å². The summed E-state index contributed by atoms with van der Waals surface area (Å²) in [5, 5.41) is 5.28. The summed E-state index contributed by atoms with van der Waals surface area (Å²) in [5.41, 5.74) is 1.32. The van der Waals surface area contributed by atoms with Crippen molar-refractivity contribution in [1.82, 2.24) is 9.97 Å². The van der Waals surface area contributed by atoms with Crippen LogP contribution in [0.25, 0.3) is 0 Å². The van der Waals surface area contributed by atoms with E-state index < -0.39 is 5.91 Å². The van der Waals surface area contributed by atoms with Crippen LogP contribution in [0, 0.1) is 13.8 Å². The number of nitrogens with one attached hydrogen (secondary N) is 2. The van der Waals surface area contributed by atoms with Crippen LogP contribution in [0.2, 0.25) is 0 Å². The van der Waals surface area contributed by atoms with Crippen molar-refractivity contribution in [2.24, 2.45) is 0 Å². The first-order valence-electron chi connectivity index (χ1n) is 9.32. The minimum atomic E-state index is -0.410. The topological polar surface area (TPSA) is 102 Å². The lowest BCUT2D eigenvalue weighted by atomic mass is 10.2. The van der Waals surface area contributed by atoms with Crippen molar-refractivity contribution in [3.8, 4) is 11.5 Å². The zero-order valence-electron chi connectivity index (χ0n) is 16.7. The molecule has 3 aromatic rings. The van der Waals surface area contributed by atoms with Crippen molar-refractivity contribution in [2.45, 2.75) is 13.8 Å². The summed E-state index contributed by atoms with van der Waals surface area (Å²) in [6.45, 7) is 3.20. The van der Waals surface area contributed by atoms with Crippen LogP contribution in [-0.2, 0) is 9.59 Å². The summed E-state index contributed by atoms with van der Waals surface area (Å²) >= 11 is 0. The summed E-state index contributed by atoms with van der Waals surface area (Å²) < 4.78 is 10.8. The summed E-state index contributed by atoms with van der Waals surface area (Å²) in [6.07, 6.45) is 0. The van der Waals surface area contributed by atoms with Crippen LogP contribution in [-0.4, -0.2) is 35.0 Å². The first kappa shape index (κ1) is 20.8. The minimum Gasteiger partial charge on any atom is -0.484 e. The fraction of sp³-hybridized carbons (Fsp3) is 0.182. The van der Waals surface area contributed by atoms with Gasteiger partial charge in [-0.3, -0.25) is 14.9 Å². The van der Waals surface area contributed by atoms with Gasteiger partial charge >= 0.3 is 0 Å². The lowest BCUT2D eigenvalue weighted by Gasteiger charge is -2.12. The molecule has 0 radical (unpaired) electrons. The van der Waals surface area contributed by atoms with Crippen molar-refractivity contribution in [2.75, 3.05) is 23.8 Å². The number of para-hydroxylation sites is 2. The second-order valence-electron chi connectivity index (χ2n) is 6.41. The van der Waals surface area contributed by atoms with Crippen molar-refractivity contribution in [3.05, 3.63) is 71.9 Å². The number of ether oxygens (including phenoxy) is 2. The van der Waals surface area contributed by atoms with Gasteiger partial charge in [-0.15, -0.1) is 0 Å². The van der Waals surface area contributed by atoms with Gasteiger partial charge in [0.25, 0.3) is 11.8 Å². The van der Waals surface area contributed by atoms with E-state index in [2.05, 4.69) is 20.6 Å². The average Bonchev–Trinajstić information content (AvgIpc) is 2.76. The molecule has 1 aromatic heterocycles. The SMILES string of the molecule is Cc1nc(NC(=O)COc2ccccc2)nc(NC(=O)COc2ccccc2)c1C. The Balaban J connectivity index is 1.59. The second-order valence-corrected chi connectivity index (χ2v) is 6.41. The highest BCUT2D eigenvalue weighted by atomic mass is 16.5. The van der Waals surface area contributed by atoms with E-state index in [9.17, 15) is 9.59 Å². The van der Waals surface area contributed by atoms with E-state index in [0.717, 1.165) is 0 Å². The average molecular weight is 406 g/mol. The number of hydrogen-bond donors (Lipinski definition) is 2. The molecule has 0 spiro atoms. The van der Waals surface area contributed by atoms with Gasteiger partial charge < -0.3 is 14.8 Å². The highest BCUT2D eigenvalue weighted by molar-refractivity contribution is 5.93. The van der Waals surface area contributed by atoms with Crippen molar-refractivity contribution < 1.29 is 19.1 Å². The van der Waals surface area contributed by atoms with Crippen LogP contribution in [0.1, 0.15) is 11.3 Å². The zero-order valence-corrected chi connectivity index (χ0v) is 16.7. The fourth-order valence-corrected chi connectivity index (χ4v) is 2.47. The maximum atomic E-state index is 12.2. The molecular formula is C22H22N4O4. The molecule has 0 fully saturated rings. The van der Waals surface area contributed by atoms with Crippen molar-refractivity contribution >= 4 is 23.6 Å². The molecule has 0 aliphatic rings. The van der Waals surface area contributed by atoms with Crippen molar-refractivity contribution in [1.29, 1.82) is 0 Å². The Kier molecular flexibility index (Phi) is 6.94. The Morgan fingerprint density at radius 2 is 1.27 bits per heavy atom. The molecule has 0 aliphatic heterocycles. The maximum Gasteiger partial charge on any atom is 0.264 e. The molecular weight excluding hydrogens is 384 g/mol. The van der Waals surface area contributed by atoms with Crippen LogP contribution >= 0.6 is 0 Å². The van der Waals surface area contributed by atoms with Gasteiger partial charge in [0.1, 0.15) is 17.3 Å². The molecule has 2 aromatic carbocycles. The number of hydrogen-bond acceptors (Lipinski definition) is 6. The molecule has 30 heavy (non-hydrogen) atoms. The van der Waals surface area contributed by atoms with Gasteiger partial charge in [-0.2, -0.15) is 4.98 Å². The number of carbonyl (C=O) groups excluding carboxylic acids is 2. The molecule has 8 nitrogen and oxygen atoms in total. The second kappa shape index (κ2) is 10.0. The summed E-state index contributed by atoms with van der Waals surface area (Å²) in [6, 6.07) is 18.0. The van der Waals surface area contributed by atoms with E-state index >= 15 is 0 Å². The number of aromatic nitrogens is 2. The van der Waals surface area contributed by atoms with Gasteiger partial charge in [-0.25, -0.2) is 4.98 Å². The van der Waals surface area contributed by atoms with Gasteiger partial charge in [-0.1, -0.05) is 36.4 Å². The molecule has 0 saturated heterocycles. The first-order chi connectivity index (χ1) is 14.5. The van der Waals surface area contributed by atoms with Crippen LogP contribution < -0.4 is 20.1 Å². The molecule has 0 aliphatic carbocycles. The van der Waals surface area contributed by atoms with E-state index in [1.807, 2.05) is 36.4 Å². The third-order valence-corrected chi connectivity index (χ3v) is 4.12. The third-order valence-electron chi connectivity index (χ3n) is 4.12. The highest BCUT2D eigenvalue weighted by Gasteiger charge is 2.14. The van der Waals surface area contributed by atoms with E-state index in [1.165, 1.54) is 0 Å². The number of nitrogens with zero attached hydrogens (tertiary/aromatic N) is 2. The number of rotatable bonds is 8. The maximum absolute atomic E-state index is 12.2. The van der Waals surface area contributed by atoms with Gasteiger partial charge in [0, 0.05) is 11.3 Å². The Hall–Kier alpha value is -3.94. The zero-order chi connectivity index (χ0) is 21.3. The molecule has 0 saturated carbocycles. The predicted octanol–water partition coefficient (Wildman–Crippen LogP) is 3.13. The summed E-state index contributed by atoms with van der Waals surface area (Å²) in [5.74, 6) is 0.786. The molecule has 0 unspecified atom stereocenters.